The fraction of sp³-hybridized carbons (Fsp3) is 0.278. The number of sulfone groups is 1. The SMILES string of the molecule is CC(C)S(=O)(=O)C(C)C(=O)Nc1cccc(S(=O)(=O)Nc2ccc(Cl)cc2)c1. The summed E-state index contributed by atoms with van der Waals surface area (Å²) in [6.07, 6.45) is 0. The maximum Gasteiger partial charge on any atom is 0.261 e. The third-order valence-electron chi connectivity index (χ3n) is 4.03. The highest BCUT2D eigenvalue weighted by atomic mass is 35.5. The molecule has 0 bridgehead atoms. The van der Waals surface area contributed by atoms with E-state index in [0.717, 1.165) is 0 Å². The van der Waals surface area contributed by atoms with Crippen LogP contribution in [0.1, 0.15) is 20.8 Å². The van der Waals surface area contributed by atoms with Gasteiger partial charge in [-0.2, -0.15) is 0 Å². The Morgan fingerprint density at radius 2 is 1.54 bits per heavy atom. The number of anilines is 2. The molecule has 0 aliphatic heterocycles. The maximum atomic E-state index is 12.6. The van der Waals surface area contributed by atoms with Crippen LogP contribution in [-0.4, -0.2) is 33.2 Å². The van der Waals surface area contributed by atoms with Crippen LogP contribution in [0.5, 0.6) is 0 Å². The Morgan fingerprint density at radius 3 is 2.11 bits per heavy atom. The van der Waals surface area contributed by atoms with Crippen molar-refractivity contribution in [1.82, 2.24) is 0 Å². The number of sulfonamides is 1. The summed E-state index contributed by atoms with van der Waals surface area (Å²) < 4.78 is 51.8. The van der Waals surface area contributed by atoms with Gasteiger partial charge in [0.25, 0.3) is 10.0 Å². The molecule has 0 aliphatic carbocycles. The van der Waals surface area contributed by atoms with E-state index in [4.69, 9.17) is 11.6 Å². The molecule has 2 aromatic rings. The average Bonchev–Trinajstić information content (AvgIpc) is 2.62. The van der Waals surface area contributed by atoms with Crippen molar-refractivity contribution in [1.29, 1.82) is 0 Å². The highest BCUT2D eigenvalue weighted by Gasteiger charge is 2.30. The van der Waals surface area contributed by atoms with Crippen molar-refractivity contribution in [3.63, 3.8) is 0 Å². The Labute approximate surface area is 170 Å². The minimum atomic E-state index is -3.91. The number of amides is 1. The molecule has 0 aliphatic rings. The lowest BCUT2D eigenvalue weighted by molar-refractivity contribution is -0.115. The molecule has 0 heterocycles. The molecular weight excluding hydrogens is 424 g/mol. The number of carbonyl (C=O) groups excluding carboxylic acids is 1. The number of carbonyl (C=O) groups is 1. The van der Waals surface area contributed by atoms with Gasteiger partial charge in [0.05, 0.1) is 10.1 Å². The molecule has 152 valence electrons. The molecule has 0 fully saturated rings. The molecule has 2 aromatic carbocycles. The number of rotatable bonds is 7. The molecule has 7 nitrogen and oxygen atoms in total. The zero-order chi connectivity index (χ0) is 21.1. The normalized spacial score (nSPS) is 13.2. The van der Waals surface area contributed by atoms with Crippen LogP contribution in [0.25, 0.3) is 0 Å². The van der Waals surface area contributed by atoms with Gasteiger partial charge in [0.1, 0.15) is 5.25 Å². The summed E-state index contributed by atoms with van der Waals surface area (Å²) in [7, 11) is -7.54. The van der Waals surface area contributed by atoms with E-state index >= 15 is 0 Å². The summed E-state index contributed by atoms with van der Waals surface area (Å²) in [5.41, 5.74) is 0.505. The molecule has 10 heteroatoms. The van der Waals surface area contributed by atoms with Crippen molar-refractivity contribution in [2.24, 2.45) is 0 Å². The summed E-state index contributed by atoms with van der Waals surface area (Å²) in [5, 5.41) is 0.960. The van der Waals surface area contributed by atoms with Gasteiger partial charge in [-0.3, -0.25) is 9.52 Å². The van der Waals surface area contributed by atoms with Gasteiger partial charge < -0.3 is 5.32 Å². The average molecular weight is 445 g/mol. The maximum absolute atomic E-state index is 12.6. The molecule has 1 atom stereocenters. The van der Waals surface area contributed by atoms with Gasteiger partial charge in [0.15, 0.2) is 9.84 Å². The van der Waals surface area contributed by atoms with Gasteiger partial charge in [0, 0.05) is 16.4 Å². The largest absolute Gasteiger partial charge is 0.325 e. The van der Waals surface area contributed by atoms with Crippen LogP contribution in [0.4, 0.5) is 11.4 Å². The second-order valence-electron chi connectivity index (χ2n) is 6.41. The minimum absolute atomic E-state index is 0.0837. The van der Waals surface area contributed by atoms with E-state index in [2.05, 4.69) is 10.0 Å². The van der Waals surface area contributed by atoms with Crippen molar-refractivity contribution < 1.29 is 21.6 Å². The molecule has 0 spiro atoms. The summed E-state index contributed by atoms with van der Waals surface area (Å²) in [6, 6.07) is 11.7. The monoisotopic (exact) mass is 444 g/mol. The fourth-order valence-corrected chi connectivity index (χ4v) is 4.68. The van der Waals surface area contributed by atoms with Crippen LogP contribution < -0.4 is 10.0 Å². The first-order chi connectivity index (χ1) is 12.9. The Hall–Kier alpha value is -2.10. The van der Waals surface area contributed by atoms with E-state index in [0.29, 0.717) is 10.7 Å². The van der Waals surface area contributed by atoms with E-state index < -0.39 is 36.3 Å². The van der Waals surface area contributed by atoms with E-state index in [9.17, 15) is 21.6 Å². The Balaban J connectivity index is 2.21. The first-order valence-corrected chi connectivity index (χ1v) is 11.8. The second kappa shape index (κ2) is 8.50. The zero-order valence-electron chi connectivity index (χ0n) is 15.5. The van der Waals surface area contributed by atoms with Crippen LogP contribution in [0, 0.1) is 0 Å². The quantitative estimate of drug-likeness (QED) is 0.680. The smallest absolute Gasteiger partial charge is 0.261 e. The van der Waals surface area contributed by atoms with E-state index in [1.54, 1.807) is 12.1 Å². The standard InChI is InChI=1S/C18H21ClN2O5S2/c1-12(2)27(23,24)13(3)18(22)20-16-5-4-6-17(11-16)28(25,26)21-15-9-7-14(19)8-10-15/h4-13,21H,1-3H3,(H,20,22). The number of benzene rings is 2. The number of hydrogen-bond acceptors (Lipinski definition) is 5. The van der Waals surface area contributed by atoms with Crippen LogP contribution in [0.3, 0.4) is 0 Å². The Morgan fingerprint density at radius 1 is 0.929 bits per heavy atom. The minimum Gasteiger partial charge on any atom is -0.325 e. The van der Waals surface area contributed by atoms with Crippen molar-refractivity contribution in [2.45, 2.75) is 36.2 Å². The van der Waals surface area contributed by atoms with Crippen LogP contribution >= 0.6 is 11.6 Å². The second-order valence-corrected chi connectivity index (χ2v) is 11.4. The summed E-state index contributed by atoms with van der Waals surface area (Å²) in [6.45, 7) is 4.29. The van der Waals surface area contributed by atoms with E-state index in [1.165, 1.54) is 57.2 Å². The molecule has 1 unspecified atom stereocenters. The van der Waals surface area contributed by atoms with Gasteiger partial charge >= 0.3 is 0 Å². The molecule has 0 saturated heterocycles. The molecule has 2 N–H and O–H groups in total. The van der Waals surface area contributed by atoms with Crippen LogP contribution in [-0.2, 0) is 24.7 Å². The first-order valence-electron chi connectivity index (χ1n) is 8.35. The lowest BCUT2D eigenvalue weighted by atomic mass is 10.3. The summed E-state index contributed by atoms with van der Waals surface area (Å²) >= 11 is 5.79. The molecule has 0 saturated carbocycles. The van der Waals surface area contributed by atoms with Crippen molar-refractivity contribution in [3.05, 3.63) is 53.6 Å². The van der Waals surface area contributed by atoms with Crippen molar-refractivity contribution in [3.8, 4) is 0 Å². The van der Waals surface area contributed by atoms with Gasteiger partial charge in [-0.05, 0) is 63.2 Å². The number of halogens is 1. The van der Waals surface area contributed by atoms with Crippen molar-refractivity contribution >= 4 is 48.7 Å². The van der Waals surface area contributed by atoms with Gasteiger partial charge in [-0.1, -0.05) is 17.7 Å². The first kappa shape index (κ1) is 22.2. The number of hydrogen-bond donors (Lipinski definition) is 2. The fourth-order valence-electron chi connectivity index (χ4n) is 2.27. The molecule has 0 radical (unpaired) electrons. The van der Waals surface area contributed by atoms with Crippen LogP contribution in [0.2, 0.25) is 5.02 Å². The van der Waals surface area contributed by atoms with Gasteiger partial charge in [0.2, 0.25) is 5.91 Å². The lowest BCUT2D eigenvalue weighted by Gasteiger charge is -2.16. The molecule has 1 amide bonds. The molecule has 2 rings (SSSR count). The van der Waals surface area contributed by atoms with Crippen LogP contribution in [0.15, 0.2) is 53.4 Å². The molecule has 0 aromatic heterocycles. The van der Waals surface area contributed by atoms with E-state index in [1.807, 2.05) is 0 Å². The zero-order valence-corrected chi connectivity index (χ0v) is 17.9. The molecule has 28 heavy (non-hydrogen) atoms. The Bertz CT molecular complexity index is 1070. The third-order valence-corrected chi connectivity index (χ3v) is 8.17. The predicted octanol–water partition coefficient (Wildman–Crippen LogP) is 3.29. The highest BCUT2D eigenvalue weighted by Crippen LogP contribution is 2.21. The van der Waals surface area contributed by atoms with E-state index in [-0.39, 0.29) is 10.6 Å². The third kappa shape index (κ3) is 5.24. The van der Waals surface area contributed by atoms with Gasteiger partial charge in [-0.25, -0.2) is 16.8 Å². The topological polar surface area (TPSA) is 109 Å². The summed E-state index contributed by atoms with van der Waals surface area (Å²) in [5.74, 6) is -0.728. The predicted molar refractivity (Wildman–Crippen MR) is 111 cm³/mol. The molecular formula is C18H21ClN2O5S2. The Kier molecular flexibility index (Phi) is 6.74. The van der Waals surface area contributed by atoms with Gasteiger partial charge in [-0.15, -0.1) is 0 Å². The summed E-state index contributed by atoms with van der Waals surface area (Å²) in [4.78, 5) is 12.2. The highest BCUT2D eigenvalue weighted by molar-refractivity contribution is 7.93. The van der Waals surface area contributed by atoms with Crippen molar-refractivity contribution in [2.75, 3.05) is 10.0 Å². The number of nitrogens with one attached hydrogen (secondary N) is 2. The lowest BCUT2D eigenvalue weighted by Crippen LogP contribution is -2.36.